The molecule has 0 saturated carbocycles. The highest BCUT2D eigenvalue weighted by atomic mass is 28.4. The van der Waals surface area contributed by atoms with E-state index in [-0.39, 0.29) is 34.1 Å². The van der Waals surface area contributed by atoms with Crippen LogP contribution in [0, 0.1) is 11.8 Å². The number of rotatable bonds is 14. The molecular weight excluding hydrogens is 521 g/mol. The molecule has 0 unspecified atom stereocenters. The summed E-state index contributed by atoms with van der Waals surface area (Å²) in [5, 5.41) is 11.4. The predicted molar refractivity (Wildman–Crippen MR) is 171 cm³/mol. The van der Waals surface area contributed by atoms with Crippen molar-refractivity contribution in [1.29, 1.82) is 0 Å². The largest absolute Gasteiger partial charge is 0.497 e. The first-order valence-electron chi connectivity index (χ1n) is 14.6. The van der Waals surface area contributed by atoms with Crippen molar-refractivity contribution in [3.05, 3.63) is 41.5 Å². The first-order valence-corrected chi connectivity index (χ1v) is 20.4. The number of ether oxygens (including phenoxy) is 2. The standard InChI is InChI=1S/C32H60O5Si2/c1-23(29(33)26(4)37-39(14,15)32(8,9)10)20-24(2)30(25(3)21-36-38(12,13)31(5,6)7)35-22-27-16-18-28(34-11)19-17-27/h16-20,24-26,29-30,33H,21-22H2,1-15H3/b23-20+/t24-,25-,26+,29-,30-/m1/s1. The number of aliphatic hydroxyl groups excluding tert-OH is 1. The Balaban J connectivity index is 3.11. The molecular formula is C32H60O5Si2. The van der Waals surface area contributed by atoms with Crippen molar-refractivity contribution in [2.24, 2.45) is 11.8 Å². The Morgan fingerprint density at radius 2 is 1.41 bits per heavy atom. The molecule has 0 bridgehead atoms. The van der Waals surface area contributed by atoms with Crippen molar-refractivity contribution in [1.82, 2.24) is 0 Å². The normalized spacial score (nSPS) is 17.9. The van der Waals surface area contributed by atoms with Crippen LogP contribution in [-0.4, -0.2) is 53.8 Å². The summed E-state index contributed by atoms with van der Waals surface area (Å²) in [6.45, 7) is 32.0. The number of aliphatic hydroxyl groups is 1. The summed E-state index contributed by atoms with van der Waals surface area (Å²) < 4.78 is 25.0. The van der Waals surface area contributed by atoms with Crippen LogP contribution in [0.5, 0.6) is 5.75 Å². The Bertz CT molecular complexity index is 897. The Morgan fingerprint density at radius 1 is 0.897 bits per heavy atom. The van der Waals surface area contributed by atoms with Crippen molar-refractivity contribution in [3.63, 3.8) is 0 Å². The second kappa shape index (κ2) is 14.3. The lowest BCUT2D eigenvalue weighted by Crippen LogP contribution is -2.46. The zero-order chi connectivity index (χ0) is 30.4. The summed E-state index contributed by atoms with van der Waals surface area (Å²) in [7, 11) is -2.20. The minimum absolute atomic E-state index is 0.0735. The van der Waals surface area contributed by atoms with E-state index in [1.165, 1.54) is 0 Å². The van der Waals surface area contributed by atoms with E-state index in [0.717, 1.165) is 16.9 Å². The molecule has 0 aliphatic carbocycles. The summed E-state index contributed by atoms with van der Waals surface area (Å²) in [6, 6.07) is 8.01. The van der Waals surface area contributed by atoms with Crippen LogP contribution in [0.2, 0.25) is 36.3 Å². The molecule has 1 aromatic rings. The van der Waals surface area contributed by atoms with Crippen molar-refractivity contribution in [3.8, 4) is 5.75 Å². The first kappa shape index (κ1) is 36.1. The summed E-state index contributed by atoms with van der Waals surface area (Å²) in [5.41, 5.74) is 2.02. The topological polar surface area (TPSA) is 57.2 Å². The fraction of sp³-hybridized carbons (Fsp3) is 0.750. The van der Waals surface area contributed by atoms with Crippen LogP contribution < -0.4 is 4.74 Å². The molecule has 5 nitrogen and oxygen atoms in total. The van der Waals surface area contributed by atoms with Gasteiger partial charge in [0.2, 0.25) is 0 Å². The van der Waals surface area contributed by atoms with Crippen LogP contribution in [0.4, 0.5) is 0 Å². The molecule has 39 heavy (non-hydrogen) atoms. The molecule has 0 amide bonds. The van der Waals surface area contributed by atoms with Crippen LogP contribution in [-0.2, 0) is 20.2 Å². The molecule has 1 aromatic carbocycles. The lowest BCUT2D eigenvalue weighted by atomic mass is 9.90. The Hall–Kier alpha value is -0.966. The zero-order valence-electron chi connectivity index (χ0n) is 27.8. The van der Waals surface area contributed by atoms with Crippen molar-refractivity contribution < 1.29 is 23.4 Å². The average molecular weight is 581 g/mol. The van der Waals surface area contributed by atoms with Gasteiger partial charge in [0.25, 0.3) is 0 Å². The monoisotopic (exact) mass is 580 g/mol. The zero-order valence-corrected chi connectivity index (χ0v) is 29.8. The van der Waals surface area contributed by atoms with Gasteiger partial charge in [-0.05, 0) is 73.4 Å². The van der Waals surface area contributed by atoms with Gasteiger partial charge >= 0.3 is 0 Å². The van der Waals surface area contributed by atoms with Crippen molar-refractivity contribution in [2.45, 2.75) is 130 Å². The molecule has 0 aromatic heterocycles. The molecule has 0 saturated heterocycles. The van der Waals surface area contributed by atoms with Gasteiger partial charge in [0.15, 0.2) is 16.6 Å². The fourth-order valence-electron chi connectivity index (χ4n) is 4.08. The minimum atomic E-state index is -1.99. The first-order chi connectivity index (χ1) is 17.6. The third-order valence-corrected chi connectivity index (χ3v) is 18.0. The Kier molecular flexibility index (Phi) is 13.2. The van der Waals surface area contributed by atoms with E-state index in [0.29, 0.717) is 13.2 Å². The van der Waals surface area contributed by atoms with Gasteiger partial charge in [0.1, 0.15) is 5.75 Å². The fourth-order valence-corrected chi connectivity index (χ4v) is 6.61. The van der Waals surface area contributed by atoms with Crippen LogP contribution in [0.3, 0.4) is 0 Å². The van der Waals surface area contributed by atoms with E-state index >= 15 is 0 Å². The van der Waals surface area contributed by atoms with E-state index in [9.17, 15) is 5.11 Å². The molecule has 1 rings (SSSR count). The minimum Gasteiger partial charge on any atom is -0.497 e. The third-order valence-electron chi connectivity index (χ3n) is 8.92. The second-order valence-electron chi connectivity index (χ2n) is 14.5. The van der Waals surface area contributed by atoms with Gasteiger partial charge in [-0.3, -0.25) is 0 Å². The van der Waals surface area contributed by atoms with Crippen LogP contribution >= 0.6 is 0 Å². The molecule has 0 radical (unpaired) electrons. The molecule has 0 fully saturated rings. The molecule has 1 N–H and O–H groups in total. The average Bonchev–Trinajstić information content (AvgIpc) is 2.80. The van der Waals surface area contributed by atoms with Gasteiger partial charge in [-0.1, -0.05) is 73.6 Å². The maximum atomic E-state index is 11.2. The smallest absolute Gasteiger partial charge is 0.192 e. The molecule has 5 atom stereocenters. The Morgan fingerprint density at radius 3 is 1.87 bits per heavy atom. The van der Waals surface area contributed by atoms with Crippen molar-refractivity contribution in [2.75, 3.05) is 13.7 Å². The van der Waals surface area contributed by atoms with E-state index in [1.807, 2.05) is 38.1 Å². The van der Waals surface area contributed by atoms with Crippen LogP contribution in [0.1, 0.15) is 74.8 Å². The van der Waals surface area contributed by atoms with E-state index < -0.39 is 22.7 Å². The summed E-state index contributed by atoms with van der Waals surface area (Å²) in [4.78, 5) is 0. The molecule has 0 heterocycles. The summed E-state index contributed by atoms with van der Waals surface area (Å²) in [5.74, 6) is 1.09. The molecule has 0 spiro atoms. The van der Waals surface area contributed by atoms with Crippen LogP contribution in [0.25, 0.3) is 0 Å². The molecule has 226 valence electrons. The summed E-state index contributed by atoms with van der Waals surface area (Å²) in [6.07, 6.45) is 1.16. The predicted octanol–water partition coefficient (Wildman–Crippen LogP) is 8.59. The SMILES string of the molecule is COc1ccc(CO[C@H]([C@H](C)/C=C(\C)[C@@H](O)[C@H](C)O[Si](C)(C)C(C)(C)C)[C@H](C)CO[Si](C)(C)C(C)(C)C)cc1. The maximum absolute atomic E-state index is 11.2. The van der Waals surface area contributed by atoms with Crippen LogP contribution in [0.15, 0.2) is 35.9 Å². The van der Waals surface area contributed by atoms with E-state index in [4.69, 9.17) is 18.3 Å². The van der Waals surface area contributed by atoms with Gasteiger partial charge in [0.05, 0.1) is 32.0 Å². The highest BCUT2D eigenvalue weighted by Gasteiger charge is 2.40. The quantitative estimate of drug-likeness (QED) is 0.176. The van der Waals surface area contributed by atoms with Gasteiger partial charge in [-0.25, -0.2) is 0 Å². The van der Waals surface area contributed by atoms with Gasteiger partial charge in [-0.15, -0.1) is 0 Å². The molecule has 7 heteroatoms. The lowest BCUT2D eigenvalue weighted by molar-refractivity contribution is -0.0299. The summed E-state index contributed by atoms with van der Waals surface area (Å²) >= 11 is 0. The highest BCUT2D eigenvalue weighted by Crippen LogP contribution is 2.39. The number of hydrogen-bond acceptors (Lipinski definition) is 5. The van der Waals surface area contributed by atoms with Gasteiger partial charge < -0.3 is 23.4 Å². The van der Waals surface area contributed by atoms with Gasteiger partial charge in [0, 0.05) is 18.4 Å². The molecule has 0 aliphatic heterocycles. The number of benzene rings is 1. The third kappa shape index (κ3) is 10.7. The van der Waals surface area contributed by atoms with Crippen molar-refractivity contribution >= 4 is 16.6 Å². The highest BCUT2D eigenvalue weighted by molar-refractivity contribution is 6.74. The van der Waals surface area contributed by atoms with E-state index in [1.54, 1.807) is 7.11 Å². The number of methoxy groups -OCH3 is 1. The van der Waals surface area contributed by atoms with Gasteiger partial charge in [-0.2, -0.15) is 0 Å². The second-order valence-corrected chi connectivity index (χ2v) is 24.0. The lowest BCUT2D eigenvalue weighted by Gasteiger charge is -2.40. The number of hydrogen-bond donors (Lipinski definition) is 1. The van der Waals surface area contributed by atoms with E-state index in [2.05, 4.69) is 87.7 Å². The molecule has 0 aliphatic rings. The Labute approximate surface area is 242 Å². The maximum Gasteiger partial charge on any atom is 0.192 e.